The van der Waals surface area contributed by atoms with Crippen molar-refractivity contribution < 1.29 is 0 Å². The summed E-state index contributed by atoms with van der Waals surface area (Å²) < 4.78 is 1.16. The molecule has 3 N–H and O–H groups in total. The van der Waals surface area contributed by atoms with E-state index in [2.05, 4.69) is 39.6 Å². The quantitative estimate of drug-likeness (QED) is 0.868. The minimum Gasteiger partial charge on any atom is -0.330 e. The van der Waals surface area contributed by atoms with Gasteiger partial charge in [0, 0.05) is 20.8 Å². The molecule has 0 spiro atoms. The predicted octanol–water partition coefficient (Wildman–Crippen LogP) is 2.76. The molecule has 80 valence electrons. The molecule has 0 aliphatic carbocycles. The second-order valence-electron chi connectivity index (χ2n) is 3.49. The van der Waals surface area contributed by atoms with Gasteiger partial charge in [-0.15, -0.1) is 11.3 Å². The van der Waals surface area contributed by atoms with Crippen molar-refractivity contribution in [2.45, 2.75) is 19.4 Å². The van der Waals surface area contributed by atoms with E-state index in [0.29, 0.717) is 12.0 Å². The van der Waals surface area contributed by atoms with Crippen molar-refractivity contribution in [3.05, 3.63) is 20.8 Å². The van der Waals surface area contributed by atoms with Crippen LogP contribution in [-0.2, 0) is 0 Å². The molecule has 2 nitrogen and oxygen atoms in total. The molecule has 0 bridgehead atoms. The van der Waals surface area contributed by atoms with Crippen LogP contribution in [0.4, 0.5) is 0 Å². The minimum absolute atomic E-state index is 0.426. The lowest BCUT2D eigenvalue weighted by atomic mass is 9.97. The molecule has 1 aromatic rings. The van der Waals surface area contributed by atoms with Crippen molar-refractivity contribution in [2.75, 3.05) is 13.6 Å². The largest absolute Gasteiger partial charge is 0.330 e. The molecular weight excluding hydrogens is 260 g/mol. The minimum atomic E-state index is 0.426. The van der Waals surface area contributed by atoms with Crippen molar-refractivity contribution >= 4 is 27.3 Å². The summed E-state index contributed by atoms with van der Waals surface area (Å²) in [5, 5.41) is 5.47. The molecule has 1 rings (SSSR count). The molecule has 0 aromatic carbocycles. The second-order valence-corrected chi connectivity index (χ2v) is 5.35. The van der Waals surface area contributed by atoms with Crippen molar-refractivity contribution in [1.29, 1.82) is 0 Å². The summed E-state index contributed by atoms with van der Waals surface area (Å²) in [5.74, 6) is 0.579. The Bertz CT molecular complexity index is 275. The van der Waals surface area contributed by atoms with Crippen LogP contribution < -0.4 is 11.1 Å². The molecule has 2 unspecified atom stereocenters. The van der Waals surface area contributed by atoms with E-state index in [1.807, 2.05) is 7.05 Å². The SMILES string of the molecule is CNC(c1cc(Br)cs1)C(C)CCN. The molecule has 14 heavy (non-hydrogen) atoms. The second kappa shape index (κ2) is 5.85. The van der Waals surface area contributed by atoms with E-state index in [4.69, 9.17) is 5.73 Å². The lowest BCUT2D eigenvalue weighted by Gasteiger charge is -2.21. The average molecular weight is 277 g/mol. The van der Waals surface area contributed by atoms with Gasteiger partial charge in [0.05, 0.1) is 0 Å². The van der Waals surface area contributed by atoms with Crippen LogP contribution in [0, 0.1) is 5.92 Å². The Morgan fingerprint density at radius 2 is 2.36 bits per heavy atom. The van der Waals surface area contributed by atoms with Crippen LogP contribution >= 0.6 is 27.3 Å². The summed E-state index contributed by atoms with van der Waals surface area (Å²) in [6.45, 7) is 2.99. The van der Waals surface area contributed by atoms with Crippen molar-refractivity contribution in [2.24, 2.45) is 11.7 Å². The predicted molar refractivity (Wildman–Crippen MR) is 66.7 cm³/mol. The summed E-state index contributed by atoms with van der Waals surface area (Å²) in [6, 6.07) is 2.61. The van der Waals surface area contributed by atoms with E-state index in [1.165, 1.54) is 4.88 Å². The fourth-order valence-electron chi connectivity index (χ4n) is 1.63. The van der Waals surface area contributed by atoms with Crippen LogP contribution in [-0.4, -0.2) is 13.6 Å². The summed E-state index contributed by atoms with van der Waals surface area (Å²) in [7, 11) is 2.01. The summed E-state index contributed by atoms with van der Waals surface area (Å²) in [4.78, 5) is 1.38. The van der Waals surface area contributed by atoms with Crippen LogP contribution in [0.3, 0.4) is 0 Å². The first-order chi connectivity index (χ1) is 6.69. The third kappa shape index (κ3) is 3.05. The Morgan fingerprint density at radius 3 is 2.79 bits per heavy atom. The van der Waals surface area contributed by atoms with E-state index in [9.17, 15) is 0 Å². The summed E-state index contributed by atoms with van der Waals surface area (Å²) in [5.41, 5.74) is 5.57. The Labute approximate surface area is 98.0 Å². The van der Waals surface area contributed by atoms with Gasteiger partial charge in [0.25, 0.3) is 0 Å². The Morgan fingerprint density at radius 1 is 1.64 bits per heavy atom. The van der Waals surface area contributed by atoms with Gasteiger partial charge in [-0.3, -0.25) is 0 Å². The summed E-state index contributed by atoms with van der Waals surface area (Å²) >= 11 is 5.26. The van der Waals surface area contributed by atoms with Crippen molar-refractivity contribution in [3.8, 4) is 0 Å². The molecule has 0 aliphatic rings. The molecule has 0 aliphatic heterocycles. The number of rotatable bonds is 5. The highest BCUT2D eigenvalue weighted by Gasteiger charge is 2.18. The van der Waals surface area contributed by atoms with E-state index in [-0.39, 0.29) is 0 Å². The normalized spacial score (nSPS) is 15.4. The standard InChI is InChI=1S/C10H17BrN2S/c1-7(3-4-12)10(13-2)9-5-8(11)6-14-9/h5-7,10,13H,3-4,12H2,1-2H3. The van der Waals surface area contributed by atoms with Gasteiger partial charge >= 0.3 is 0 Å². The number of nitrogens with two attached hydrogens (primary N) is 1. The van der Waals surface area contributed by atoms with Gasteiger partial charge in [-0.2, -0.15) is 0 Å². The van der Waals surface area contributed by atoms with Gasteiger partial charge < -0.3 is 11.1 Å². The van der Waals surface area contributed by atoms with E-state index >= 15 is 0 Å². The smallest absolute Gasteiger partial charge is 0.0439 e. The van der Waals surface area contributed by atoms with Crippen LogP contribution in [0.25, 0.3) is 0 Å². The fourth-order valence-corrected chi connectivity index (χ4v) is 3.32. The molecule has 4 heteroatoms. The average Bonchev–Trinajstić information content (AvgIpc) is 2.54. The third-order valence-corrected chi connectivity index (χ3v) is 4.17. The first-order valence-electron chi connectivity index (χ1n) is 4.80. The zero-order valence-corrected chi connectivity index (χ0v) is 11.0. The van der Waals surface area contributed by atoms with Crippen LogP contribution in [0.2, 0.25) is 0 Å². The van der Waals surface area contributed by atoms with Gasteiger partial charge in [-0.25, -0.2) is 0 Å². The maximum absolute atomic E-state index is 5.57. The molecule has 0 saturated carbocycles. The molecule has 0 radical (unpaired) electrons. The van der Waals surface area contributed by atoms with Gasteiger partial charge in [-0.05, 0) is 47.9 Å². The van der Waals surface area contributed by atoms with Gasteiger partial charge in [0.1, 0.15) is 0 Å². The third-order valence-electron chi connectivity index (χ3n) is 2.40. The van der Waals surface area contributed by atoms with Crippen LogP contribution in [0.5, 0.6) is 0 Å². The van der Waals surface area contributed by atoms with E-state index in [1.54, 1.807) is 11.3 Å². The molecule has 0 amide bonds. The summed E-state index contributed by atoms with van der Waals surface area (Å²) in [6.07, 6.45) is 1.06. The van der Waals surface area contributed by atoms with E-state index in [0.717, 1.165) is 17.4 Å². The maximum atomic E-state index is 5.57. The Kier molecular flexibility index (Phi) is 5.09. The number of hydrogen-bond acceptors (Lipinski definition) is 3. The number of nitrogens with one attached hydrogen (secondary N) is 1. The monoisotopic (exact) mass is 276 g/mol. The lowest BCUT2D eigenvalue weighted by Crippen LogP contribution is -2.24. The Hall–Kier alpha value is 0.1000. The molecule has 2 atom stereocenters. The topological polar surface area (TPSA) is 38.0 Å². The molecule has 0 saturated heterocycles. The van der Waals surface area contributed by atoms with Gasteiger partial charge in [0.2, 0.25) is 0 Å². The van der Waals surface area contributed by atoms with E-state index < -0.39 is 0 Å². The number of halogens is 1. The first kappa shape index (κ1) is 12.2. The van der Waals surface area contributed by atoms with Gasteiger partial charge in [-0.1, -0.05) is 6.92 Å². The highest BCUT2D eigenvalue weighted by molar-refractivity contribution is 9.10. The highest BCUT2D eigenvalue weighted by atomic mass is 79.9. The fraction of sp³-hybridized carbons (Fsp3) is 0.600. The molecule has 0 fully saturated rings. The maximum Gasteiger partial charge on any atom is 0.0439 e. The molecule has 1 heterocycles. The number of hydrogen-bond donors (Lipinski definition) is 2. The Balaban J connectivity index is 2.71. The van der Waals surface area contributed by atoms with Crippen LogP contribution in [0.1, 0.15) is 24.3 Å². The number of thiophene rings is 1. The first-order valence-corrected chi connectivity index (χ1v) is 6.47. The molecular formula is C10H17BrN2S. The highest BCUT2D eigenvalue weighted by Crippen LogP contribution is 2.30. The van der Waals surface area contributed by atoms with Gasteiger partial charge in [0.15, 0.2) is 0 Å². The van der Waals surface area contributed by atoms with Crippen LogP contribution in [0.15, 0.2) is 15.9 Å². The lowest BCUT2D eigenvalue weighted by molar-refractivity contribution is 0.397. The zero-order chi connectivity index (χ0) is 10.6. The molecule has 1 aromatic heterocycles. The zero-order valence-electron chi connectivity index (χ0n) is 8.59. The van der Waals surface area contributed by atoms with Crippen molar-refractivity contribution in [3.63, 3.8) is 0 Å². The van der Waals surface area contributed by atoms with Crippen molar-refractivity contribution in [1.82, 2.24) is 5.32 Å².